The van der Waals surface area contributed by atoms with Gasteiger partial charge in [-0.2, -0.15) is 24.1 Å². The lowest BCUT2D eigenvalue weighted by Gasteiger charge is -2.17. The average molecular weight is 289 g/mol. The van der Waals surface area contributed by atoms with E-state index in [4.69, 9.17) is 0 Å². The van der Waals surface area contributed by atoms with Crippen LogP contribution in [-0.2, 0) is 10.2 Å². The summed E-state index contributed by atoms with van der Waals surface area (Å²) < 4.78 is 27.8. The van der Waals surface area contributed by atoms with E-state index in [2.05, 4.69) is 10.0 Å². The number of hydrogen-bond donors (Lipinski definition) is 2. The molecular weight excluding hydrogens is 270 g/mol. The topological polar surface area (TPSA) is 61.4 Å². The van der Waals surface area contributed by atoms with Gasteiger partial charge in [0.1, 0.15) is 0 Å². The Morgan fingerprint density at radius 3 is 2.89 bits per heavy atom. The summed E-state index contributed by atoms with van der Waals surface area (Å²) in [4.78, 5) is 0. The number of nitrogens with one attached hydrogen (secondary N) is 2. The Morgan fingerprint density at radius 1 is 1.50 bits per heavy atom. The maximum absolute atomic E-state index is 11.9. The van der Waals surface area contributed by atoms with E-state index >= 15 is 0 Å². The van der Waals surface area contributed by atoms with Crippen LogP contribution in [0.15, 0.2) is 16.8 Å². The SMILES string of the molecule is CN(CCCNC1CC1)S(=O)(=O)Nc1ccsc1. The molecule has 1 fully saturated rings. The van der Waals surface area contributed by atoms with Crippen molar-refractivity contribution < 1.29 is 8.42 Å². The summed E-state index contributed by atoms with van der Waals surface area (Å²) in [6, 6.07) is 2.43. The van der Waals surface area contributed by atoms with Crippen LogP contribution >= 0.6 is 11.3 Å². The van der Waals surface area contributed by atoms with Gasteiger partial charge in [-0.3, -0.25) is 4.72 Å². The van der Waals surface area contributed by atoms with Crippen molar-refractivity contribution in [1.29, 1.82) is 0 Å². The van der Waals surface area contributed by atoms with E-state index in [1.807, 2.05) is 5.38 Å². The Balaban J connectivity index is 1.73. The van der Waals surface area contributed by atoms with Crippen molar-refractivity contribution in [1.82, 2.24) is 9.62 Å². The standard InChI is InChI=1S/C11H19N3O2S2/c1-14(7-2-6-12-10-3-4-10)18(15,16)13-11-5-8-17-9-11/h5,8-10,12-13H,2-4,6-7H2,1H3. The van der Waals surface area contributed by atoms with E-state index < -0.39 is 10.2 Å². The maximum Gasteiger partial charge on any atom is 0.301 e. The highest BCUT2D eigenvalue weighted by atomic mass is 32.2. The fourth-order valence-electron chi connectivity index (χ4n) is 1.56. The van der Waals surface area contributed by atoms with Crippen molar-refractivity contribution in [3.8, 4) is 0 Å². The largest absolute Gasteiger partial charge is 0.314 e. The molecule has 0 amide bonds. The molecule has 1 aromatic heterocycles. The molecule has 2 N–H and O–H groups in total. The second-order valence-corrected chi connectivity index (χ2v) is 7.08. The highest BCUT2D eigenvalue weighted by Crippen LogP contribution is 2.18. The van der Waals surface area contributed by atoms with Crippen molar-refractivity contribution in [2.45, 2.75) is 25.3 Å². The minimum absolute atomic E-state index is 0.527. The molecule has 18 heavy (non-hydrogen) atoms. The Hall–Kier alpha value is -0.630. The first-order valence-corrected chi connectivity index (χ1v) is 8.46. The van der Waals surface area contributed by atoms with E-state index in [9.17, 15) is 8.42 Å². The molecule has 0 radical (unpaired) electrons. The van der Waals surface area contributed by atoms with Crippen molar-refractivity contribution in [2.75, 3.05) is 24.9 Å². The second-order valence-electron chi connectivity index (χ2n) is 4.52. The van der Waals surface area contributed by atoms with Gasteiger partial charge in [0.15, 0.2) is 0 Å². The van der Waals surface area contributed by atoms with Crippen LogP contribution in [0.3, 0.4) is 0 Å². The minimum Gasteiger partial charge on any atom is -0.314 e. The molecule has 0 unspecified atom stereocenters. The van der Waals surface area contributed by atoms with Crippen LogP contribution in [0.1, 0.15) is 19.3 Å². The van der Waals surface area contributed by atoms with Crippen molar-refractivity contribution in [3.63, 3.8) is 0 Å². The molecule has 2 rings (SSSR count). The van der Waals surface area contributed by atoms with E-state index in [0.717, 1.165) is 13.0 Å². The van der Waals surface area contributed by atoms with Crippen LogP contribution in [0.5, 0.6) is 0 Å². The van der Waals surface area contributed by atoms with E-state index in [-0.39, 0.29) is 0 Å². The number of hydrogen-bond acceptors (Lipinski definition) is 4. The molecule has 7 heteroatoms. The van der Waals surface area contributed by atoms with E-state index in [1.165, 1.54) is 28.5 Å². The number of thiophene rings is 1. The van der Waals surface area contributed by atoms with Gasteiger partial charge in [0, 0.05) is 25.0 Å². The molecule has 1 aliphatic carbocycles. The summed E-state index contributed by atoms with van der Waals surface area (Å²) in [6.07, 6.45) is 3.35. The molecule has 1 aromatic rings. The third-order valence-corrected chi connectivity index (χ3v) is 5.02. The van der Waals surface area contributed by atoms with E-state index in [0.29, 0.717) is 18.3 Å². The Labute approximate surface area is 112 Å². The minimum atomic E-state index is -3.41. The Bertz CT molecular complexity index is 455. The van der Waals surface area contributed by atoms with Crippen molar-refractivity contribution >= 4 is 27.2 Å². The first-order valence-electron chi connectivity index (χ1n) is 6.07. The highest BCUT2D eigenvalue weighted by molar-refractivity contribution is 7.90. The summed E-state index contributed by atoms with van der Waals surface area (Å²) in [5, 5.41) is 6.99. The molecule has 1 heterocycles. The van der Waals surface area contributed by atoms with Gasteiger partial charge in [0.25, 0.3) is 0 Å². The van der Waals surface area contributed by atoms with Crippen LogP contribution in [0, 0.1) is 0 Å². The number of rotatable bonds is 8. The molecule has 0 aliphatic heterocycles. The smallest absolute Gasteiger partial charge is 0.301 e. The lowest BCUT2D eigenvalue weighted by molar-refractivity contribution is 0.458. The summed E-state index contributed by atoms with van der Waals surface area (Å²) in [5.74, 6) is 0. The van der Waals surface area contributed by atoms with Gasteiger partial charge in [-0.15, -0.1) is 0 Å². The third-order valence-electron chi connectivity index (χ3n) is 2.84. The van der Waals surface area contributed by atoms with Crippen molar-refractivity contribution in [3.05, 3.63) is 16.8 Å². The molecule has 0 aromatic carbocycles. The van der Waals surface area contributed by atoms with Crippen molar-refractivity contribution in [2.24, 2.45) is 0 Å². The van der Waals surface area contributed by atoms with Crippen LogP contribution in [0.4, 0.5) is 5.69 Å². The molecule has 5 nitrogen and oxygen atoms in total. The maximum atomic E-state index is 11.9. The first-order chi connectivity index (χ1) is 8.58. The lowest BCUT2D eigenvalue weighted by atomic mass is 10.4. The normalized spacial score (nSPS) is 16.1. The van der Waals surface area contributed by atoms with Gasteiger partial charge in [-0.05, 0) is 37.3 Å². The van der Waals surface area contributed by atoms with Crippen LogP contribution in [-0.4, -0.2) is 38.9 Å². The molecule has 0 bridgehead atoms. The van der Waals surface area contributed by atoms with Crippen LogP contribution in [0.25, 0.3) is 0 Å². The summed E-state index contributed by atoms with van der Waals surface area (Å²) in [6.45, 7) is 1.40. The van der Waals surface area contributed by atoms with Gasteiger partial charge >= 0.3 is 10.2 Å². The van der Waals surface area contributed by atoms with Crippen LogP contribution in [0.2, 0.25) is 0 Å². The predicted molar refractivity (Wildman–Crippen MR) is 75.1 cm³/mol. The zero-order valence-electron chi connectivity index (χ0n) is 10.4. The quantitative estimate of drug-likeness (QED) is 0.713. The monoisotopic (exact) mass is 289 g/mol. The average Bonchev–Trinajstić information content (AvgIpc) is 3.01. The van der Waals surface area contributed by atoms with E-state index in [1.54, 1.807) is 18.5 Å². The zero-order valence-corrected chi connectivity index (χ0v) is 12.1. The Kier molecular flexibility index (Phi) is 4.60. The Morgan fingerprint density at radius 2 is 2.28 bits per heavy atom. The number of nitrogens with zero attached hydrogens (tertiary/aromatic N) is 1. The molecule has 1 aliphatic rings. The summed E-state index contributed by atoms with van der Waals surface area (Å²) >= 11 is 1.47. The van der Waals surface area contributed by atoms with Gasteiger partial charge in [0.2, 0.25) is 0 Å². The highest BCUT2D eigenvalue weighted by Gasteiger charge is 2.20. The molecule has 0 saturated heterocycles. The number of anilines is 1. The fraction of sp³-hybridized carbons (Fsp3) is 0.636. The van der Waals surface area contributed by atoms with Gasteiger partial charge < -0.3 is 5.32 Å². The predicted octanol–water partition coefficient (Wildman–Crippen LogP) is 1.48. The van der Waals surface area contributed by atoms with Gasteiger partial charge in [-0.25, -0.2) is 0 Å². The molecular formula is C11H19N3O2S2. The molecule has 1 saturated carbocycles. The van der Waals surface area contributed by atoms with Crippen LogP contribution < -0.4 is 10.0 Å². The molecule has 102 valence electrons. The zero-order chi connectivity index (χ0) is 13.0. The lowest BCUT2D eigenvalue weighted by Crippen LogP contribution is -2.34. The molecule has 0 atom stereocenters. The first kappa shape index (κ1) is 13.8. The second kappa shape index (κ2) is 6.01. The molecule has 0 spiro atoms. The summed E-state index contributed by atoms with van der Waals surface area (Å²) in [5.41, 5.74) is 0.628. The van der Waals surface area contributed by atoms with Gasteiger partial charge in [-0.1, -0.05) is 0 Å². The fourth-order valence-corrected chi connectivity index (χ4v) is 3.18. The third kappa shape index (κ3) is 4.24. The van der Waals surface area contributed by atoms with Gasteiger partial charge in [0.05, 0.1) is 5.69 Å². The summed E-state index contributed by atoms with van der Waals surface area (Å²) in [7, 11) is -1.80.